The van der Waals surface area contributed by atoms with Gasteiger partial charge in [0.2, 0.25) is 5.78 Å². The van der Waals surface area contributed by atoms with Gasteiger partial charge in [0, 0.05) is 21.7 Å². The summed E-state index contributed by atoms with van der Waals surface area (Å²) in [6.45, 7) is 4.19. The lowest BCUT2D eigenvalue weighted by Gasteiger charge is -2.20. The standard InChI is InChI=1S/C22H19BrO7/c1-3-27-22(25)12(2)29-16-4-5-17-18(9-16)30-19(20(17)24)8-13-6-15(23)7-14-10-26-11-28-21(13)14/h4-9,12H,3,10-11H2,1-2H3/t12-/m0/s1. The van der Waals surface area contributed by atoms with E-state index in [9.17, 15) is 9.59 Å². The topological polar surface area (TPSA) is 80.3 Å². The molecule has 0 fully saturated rings. The van der Waals surface area contributed by atoms with Gasteiger partial charge in [0.15, 0.2) is 18.7 Å². The maximum atomic E-state index is 12.8. The van der Waals surface area contributed by atoms with E-state index in [1.807, 2.05) is 12.1 Å². The van der Waals surface area contributed by atoms with Crippen molar-refractivity contribution in [3.63, 3.8) is 0 Å². The van der Waals surface area contributed by atoms with Gasteiger partial charge in [-0.05, 0) is 44.2 Å². The van der Waals surface area contributed by atoms with Crippen LogP contribution in [0, 0.1) is 0 Å². The van der Waals surface area contributed by atoms with Crippen molar-refractivity contribution in [3.8, 4) is 17.2 Å². The molecule has 156 valence electrons. The van der Waals surface area contributed by atoms with Crippen molar-refractivity contribution in [3.05, 3.63) is 57.3 Å². The van der Waals surface area contributed by atoms with Crippen LogP contribution in [0.25, 0.3) is 6.08 Å². The van der Waals surface area contributed by atoms with Crippen LogP contribution in [0.2, 0.25) is 0 Å². The molecule has 2 aromatic carbocycles. The molecule has 7 nitrogen and oxygen atoms in total. The highest BCUT2D eigenvalue weighted by Crippen LogP contribution is 2.38. The number of hydrogen-bond acceptors (Lipinski definition) is 7. The number of hydrogen-bond donors (Lipinski definition) is 0. The Bertz CT molecular complexity index is 1040. The zero-order valence-corrected chi connectivity index (χ0v) is 18.0. The van der Waals surface area contributed by atoms with Crippen molar-refractivity contribution in [1.82, 2.24) is 0 Å². The fourth-order valence-electron chi connectivity index (χ4n) is 3.21. The molecule has 0 amide bonds. The van der Waals surface area contributed by atoms with Crippen molar-refractivity contribution in [2.45, 2.75) is 26.6 Å². The van der Waals surface area contributed by atoms with Crippen LogP contribution in [0.3, 0.4) is 0 Å². The highest BCUT2D eigenvalue weighted by Gasteiger charge is 2.29. The number of benzene rings is 2. The van der Waals surface area contributed by atoms with E-state index >= 15 is 0 Å². The molecule has 1 atom stereocenters. The molecule has 0 saturated heterocycles. The van der Waals surface area contributed by atoms with Gasteiger partial charge in [0.25, 0.3) is 0 Å². The molecule has 0 bridgehead atoms. The molecular formula is C22H19BrO7. The van der Waals surface area contributed by atoms with Crippen molar-refractivity contribution in [1.29, 1.82) is 0 Å². The highest BCUT2D eigenvalue weighted by molar-refractivity contribution is 9.10. The summed E-state index contributed by atoms with van der Waals surface area (Å²) in [6.07, 6.45) is 0.877. The Morgan fingerprint density at radius 3 is 2.93 bits per heavy atom. The Kier molecular flexibility index (Phi) is 5.78. The number of rotatable bonds is 5. The first-order chi connectivity index (χ1) is 14.5. The van der Waals surface area contributed by atoms with Gasteiger partial charge >= 0.3 is 5.97 Å². The molecule has 0 aromatic heterocycles. The number of allylic oxidation sites excluding steroid dienone is 1. The van der Waals surface area contributed by atoms with Gasteiger partial charge in [0.05, 0.1) is 18.8 Å². The second-order valence-electron chi connectivity index (χ2n) is 6.70. The van der Waals surface area contributed by atoms with Crippen LogP contribution in [0.4, 0.5) is 0 Å². The van der Waals surface area contributed by atoms with E-state index in [0.717, 1.165) is 10.0 Å². The summed E-state index contributed by atoms with van der Waals surface area (Å²) in [5.41, 5.74) is 2.02. The molecule has 2 aliphatic rings. The zero-order valence-electron chi connectivity index (χ0n) is 16.4. The SMILES string of the molecule is CCOC(=O)[C@H](C)Oc1ccc2c(c1)OC(=Cc1cc(Br)cc3c1OCOC3)C2=O. The Hall–Kier alpha value is -2.84. The minimum atomic E-state index is -0.775. The van der Waals surface area contributed by atoms with Crippen molar-refractivity contribution >= 4 is 33.8 Å². The van der Waals surface area contributed by atoms with Crippen molar-refractivity contribution in [2.24, 2.45) is 0 Å². The second-order valence-corrected chi connectivity index (χ2v) is 7.62. The van der Waals surface area contributed by atoms with E-state index in [1.165, 1.54) is 0 Å². The van der Waals surface area contributed by atoms with E-state index in [2.05, 4.69) is 15.9 Å². The summed E-state index contributed by atoms with van der Waals surface area (Å²) >= 11 is 3.47. The molecule has 2 aliphatic heterocycles. The van der Waals surface area contributed by atoms with Gasteiger partial charge in [-0.2, -0.15) is 0 Å². The predicted molar refractivity (Wildman–Crippen MR) is 111 cm³/mol. The smallest absolute Gasteiger partial charge is 0.347 e. The van der Waals surface area contributed by atoms with Crippen LogP contribution in [-0.4, -0.2) is 31.3 Å². The predicted octanol–water partition coefficient (Wildman–Crippen LogP) is 4.26. The average molecular weight is 475 g/mol. The lowest BCUT2D eigenvalue weighted by Crippen LogP contribution is -2.26. The molecule has 0 radical (unpaired) electrons. The van der Waals surface area contributed by atoms with Crippen LogP contribution in [0.15, 0.2) is 40.6 Å². The fourth-order valence-corrected chi connectivity index (χ4v) is 3.73. The molecule has 8 heteroatoms. The molecule has 0 aliphatic carbocycles. The minimum Gasteiger partial charge on any atom is -0.479 e. The van der Waals surface area contributed by atoms with E-state index in [4.69, 9.17) is 23.7 Å². The summed E-state index contributed by atoms with van der Waals surface area (Å²) in [4.78, 5) is 24.6. The van der Waals surface area contributed by atoms with Crippen LogP contribution < -0.4 is 14.2 Å². The lowest BCUT2D eigenvalue weighted by molar-refractivity contribution is -0.150. The van der Waals surface area contributed by atoms with Crippen LogP contribution >= 0.6 is 15.9 Å². The molecule has 0 spiro atoms. The monoisotopic (exact) mass is 474 g/mol. The Balaban J connectivity index is 1.59. The highest BCUT2D eigenvalue weighted by atomic mass is 79.9. The Morgan fingerprint density at radius 1 is 1.30 bits per heavy atom. The molecular weight excluding hydrogens is 456 g/mol. The third-order valence-electron chi connectivity index (χ3n) is 4.56. The molecule has 30 heavy (non-hydrogen) atoms. The Morgan fingerprint density at radius 2 is 2.13 bits per heavy atom. The van der Waals surface area contributed by atoms with Crippen LogP contribution in [0.5, 0.6) is 17.2 Å². The molecule has 0 N–H and O–H groups in total. The number of Topliss-reactive ketones (excluding diaryl/α,β-unsaturated/α-hetero) is 1. The van der Waals surface area contributed by atoms with Gasteiger partial charge in [-0.1, -0.05) is 15.9 Å². The number of ketones is 1. The van der Waals surface area contributed by atoms with Gasteiger partial charge < -0.3 is 23.7 Å². The first-order valence-electron chi connectivity index (χ1n) is 9.41. The first kappa shape index (κ1) is 20.4. The Labute approximate surface area is 181 Å². The summed E-state index contributed by atoms with van der Waals surface area (Å²) in [7, 11) is 0. The minimum absolute atomic E-state index is 0.152. The molecule has 0 saturated carbocycles. The van der Waals surface area contributed by atoms with E-state index in [0.29, 0.717) is 35.0 Å². The normalized spacial score (nSPS) is 16.9. The summed E-state index contributed by atoms with van der Waals surface area (Å²) in [5.74, 6) is 0.916. The lowest BCUT2D eigenvalue weighted by atomic mass is 10.1. The number of esters is 1. The third kappa shape index (κ3) is 4.06. The summed E-state index contributed by atoms with van der Waals surface area (Å²) in [6, 6.07) is 8.60. The summed E-state index contributed by atoms with van der Waals surface area (Å²) in [5, 5.41) is 0. The van der Waals surface area contributed by atoms with Gasteiger partial charge in [0.1, 0.15) is 17.2 Å². The van der Waals surface area contributed by atoms with Crippen LogP contribution in [0.1, 0.15) is 35.3 Å². The molecule has 4 rings (SSSR count). The average Bonchev–Trinajstić information content (AvgIpc) is 3.02. The van der Waals surface area contributed by atoms with E-state index < -0.39 is 12.1 Å². The summed E-state index contributed by atoms with van der Waals surface area (Å²) < 4.78 is 28.1. The zero-order chi connectivity index (χ0) is 21.3. The third-order valence-corrected chi connectivity index (χ3v) is 5.02. The van der Waals surface area contributed by atoms with Gasteiger partial charge in [-0.3, -0.25) is 4.79 Å². The number of carbonyl (C=O) groups excluding carboxylic acids is 2. The maximum absolute atomic E-state index is 12.8. The van der Waals surface area contributed by atoms with Crippen molar-refractivity contribution in [2.75, 3.05) is 13.4 Å². The number of halogens is 1. The van der Waals surface area contributed by atoms with Gasteiger partial charge in [-0.15, -0.1) is 0 Å². The maximum Gasteiger partial charge on any atom is 0.347 e. The first-order valence-corrected chi connectivity index (χ1v) is 10.2. The molecule has 2 aromatic rings. The number of fused-ring (bicyclic) bond motifs is 2. The van der Waals surface area contributed by atoms with Crippen LogP contribution in [-0.2, 0) is 20.9 Å². The second kappa shape index (κ2) is 8.49. The quantitative estimate of drug-likeness (QED) is 0.472. The van der Waals surface area contributed by atoms with Gasteiger partial charge in [-0.25, -0.2) is 4.79 Å². The van der Waals surface area contributed by atoms with E-state index in [-0.39, 0.29) is 24.9 Å². The number of carbonyl (C=O) groups is 2. The largest absolute Gasteiger partial charge is 0.479 e. The molecule has 0 unspecified atom stereocenters. The number of ether oxygens (including phenoxy) is 5. The van der Waals surface area contributed by atoms with Crippen molar-refractivity contribution < 1.29 is 33.3 Å². The van der Waals surface area contributed by atoms with E-state index in [1.54, 1.807) is 38.1 Å². The fraction of sp³-hybridized carbons (Fsp3) is 0.273. The molecule has 2 heterocycles.